The van der Waals surface area contributed by atoms with Crippen molar-refractivity contribution in [2.75, 3.05) is 0 Å². The molecule has 1 rings (SSSR count). The van der Waals surface area contributed by atoms with Crippen molar-refractivity contribution in [2.24, 2.45) is 0 Å². The molecule has 58 valence electrons. The highest BCUT2D eigenvalue weighted by molar-refractivity contribution is 6.31. The lowest BCUT2D eigenvalue weighted by Gasteiger charge is -2.03. The zero-order valence-electron chi connectivity index (χ0n) is 5.71. The number of halogens is 1. The fourth-order valence-electron chi connectivity index (χ4n) is 0.797. The molecule has 0 N–H and O–H groups in total. The highest BCUT2D eigenvalue weighted by Gasteiger charge is 1.97. The molecule has 0 aromatic heterocycles. The Hall–Kier alpha value is -1.02. The summed E-state index contributed by atoms with van der Waals surface area (Å²) in [6.45, 7) is 0. The van der Waals surface area contributed by atoms with E-state index in [-0.39, 0.29) is 6.42 Å². The van der Waals surface area contributed by atoms with Gasteiger partial charge in [-0.3, -0.25) is 0 Å². The van der Waals surface area contributed by atoms with E-state index in [2.05, 4.69) is 0 Å². The monoisotopic (exact) mass is 169 g/mol. The zero-order chi connectivity index (χ0) is 8.27. The van der Waals surface area contributed by atoms with Crippen molar-refractivity contribution >= 4 is 17.6 Å². The van der Waals surface area contributed by atoms with E-state index < -0.39 is 5.97 Å². The lowest BCUT2D eigenvalue weighted by Crippen LogP contribution is -2.24. The standard InChI is InChI=1S/C8H7ClO2/c9-7-4-2-1-3-6(7)5-8(10)11/h1-4H,5H2,(H,10,11)/p-1. The summed E-state index contributed by atoms with van der Waals surface area (Å²) in [6, 6.07) is 6.81. The molecule has 0 saturated heterocycles. The molecule has 0 fully saturated rings. The van der Waals surface area contributed by atoms with E-state index in [1.54, 1.807) is 24.3 Å². The summed E-state index contributed by atoms with van der Waals surface area (Å²) in [7, 11) is 0. The highest BCUT2D eigenvalue weighted by atomic mass is 35.5. The number of carbonyl (C=O) groups excluding carboxylic acids is 1. The summed E-state index contributed by atoms with van der Waals surface area (Å²) in [4.78, 5) is 10.2. The summed E-state index contributed by atoms with van der Waals surface area (Å²) in [6.07, 6.45) is -0.125. The fraction of sp³-hybridized carbons (Fsp3) is 0.125. The summed E-state index contributed by atoms with van der Waals surface area (Å²) in [5.41, 5.74) is 0.592. The minimum Gasteiger partial charge on any atom is -0.550 e. The molecule has 2 nitrogen and oxygen atoms in total. The molecule has 0 aliphatic carbocycles. The van der Waals surface area contributed by atoms with Gasteiger partial charge in [-0.25, -0.2) is 0 Å². The van der Waals surface area contributed by atoms with Crippen LogP contribution in [-0.4, -0.2) is 5.97 Å². The van der Waals surface area contributed by atoms with E-state index >= 15 is 0 Å². The number of carbonyl (C=O) groups is 1. The smallest absolute Gasteiger partial charge is 0.0458 e. The van der Waals surface area contributed by atoms with Crippen LogP contribution in [-0.2, 0) is 11.2 Å². The molecule has 0 aliphatic rings. The maximum Gasteiger partial charge on any atom is 0.0458 e. The van der Waals surface area contributed by atoms with Crippen molar-refractivity contribution in [3.8, 4) is 0 Å². The molecular weight excluding hydrogens is 164 g/mol. The number of carboxylic acids is 1. The SMILES string of the molecule is O=C([O-])Cc1ccccc1Cl. The van der Waals surface area contributed by atoms with Gasteiger partial charge < -0.3 is 9.90 Å². The normalized spacial score (nSPS) is 9.55. The molecule has 0 atom stereocenters. The average Bonchev–Trinajstić information content (AvgIpc) is 1.93. The van der Waals surface area contributed by atoms with Crippen molar-refractivity contribution in [3.63, 3.8) is 0 Å². The Balaban J connectivity index is 2.86. The fourth-order valence-corrected chi connectivity index (χ4v) is 1.000. The average molecular weight is 170 g/mol. The molecule has 11 heavy (non-hydrogen) atoms. The minimum atomic E-state index is -1.11. The van der Waals surface area contributed by atoms with Crippen LogP contribution in [0.3, 0.4) is 0 Å². The molecule has 0 spiro atoms. The van der Waals surface area contributed by atoms with Crippen LogP contribution >= 0.6 is 11.6 Å². The van der Waals surface area contributed by atoms with Gasteiger partial charge >= 0.3 is 0 Å². The van der Waals surface area contributed by atoms with Gasteiger partial charge in [0.05, 0.1) is 0 Å². The van der Waals surface area contributed by atoms with Crippen LogP contribution in [0.25, 0.3) is 0 Å². The number of benzene rings is 1. The van der Waals surface area contributed by atoms with Crippen LogP contribution in [0.15, 0.2) is 24.3 Å². The first-order valence-corrected chi connectivity index (χ1v) is 3.51. The third-order valence-electron chi connectivity index (χ3n) is 1.29. The molecule has 0 amide bonds. The predicted molar refractivity (Wildman–Crippen MR) is 40.2 cm³/mol. The van der Waals surface area contributed by atoms with Crippen LogP contribution in [0.5, 0.6) is 0 Å². The molecule has 0 radical (unpaired) electrons. The van der Waals surface area contributed by atoms with Gasteiger partial charge in [0.25, 0.3) is 0 Å². The Morgan fingerprint density at radius 3 is 2.64 bits per heavy atom. The number of carboxylic acid groups (broad SMARTS) is 1. The molecule has 1 aromatic rings. The van der Waals surface area contributed by atoms with Gasteiger partial charge in [-0.15, -0.1) is 0 Å². The van der Waals surface area contributed by atoms with E-state index in [0.717, 1.165) is 0 Å². The lowest BCUT2D eigenvalue weighted by molar-refractivity contribution is -0.304. The maximum absolute atomic E-state index is 10.2. The molecule has 0 aliphatic heterocycles. The Morgan fingerprint density at radius 1 is 1.45 bits per heavy atom. The van der Waals surface area contributed by atoms with Crippen LogP contribution in [0, 0.1) is 0 Å². The Morgan fingerprint density at radius 2 is 2.09 bits per heavy atom. The number of rotatable bonds is 2. The molecule has 3 heteroatoms. The van der Waals surface area contributed by atoms with E-state index in [1.807, 2.05) is 0 Å². The first-order valence-electron chi connectivity index (χ1n) is 3.13. The molecule has 0 unspecified atom stereocenters. The maximum atomic E-state index is 10.2. The van der Waals surface area contributed by atoms with Gasteiger partial charge in [-0.05, 0) is 11.6 Å². The molecule has 0 bridgehead atoms. The molecule has 0 saturated carbocycles. The van der Waals surface area contributed by atoms with Crippen LogP contribution in [0.1, 0.15) is 5.56 Å². The first-order chi connectivity index (χ1) is 5.20. The Labute approximate surface area is 69.4 Å². The number of hydrogen-bond donors (Lipinski definition) is 0. The van der Waals surface area contributed by atoms with E-state index in [4.69, 9.17) is 11.6 Å². The second-order valence-electron chi connectivity index (χ2n) is 2.14. The van der Waals surface area contributed by atoms with Gasteiger partial charge in [-0.1, -0.05) is 29.8 Å². The van der Waals surface area contributed by atoms with Crippen molar-refractivity contribution in [2.45, 2.75) is 6.42 Å². The van der Waals surface area contributed by atoms with Crippen molar-refractivity contribution in [1.82, 2.24) is 0 Å². The van der Waals surface area contributed by atoms with Crippen LogP contribution < -0.4 is 5.11 Å². The zero-order valence-corrected chi connectivity index (χ0v) is 6.47. The van der Waals surface area contributed by atoms with E-state index in [9.17, 15) is 9.90 Å². The minimum absolute atomic E-state index is 0.125. The lowest BCUT2D eigenvalue weighted by atomic mass is 10.1. The number of aliphatic carboxylic acids is 1. The summed E-state index contributed by atoms with van der Waals surface area (Å²) in [5, 5.41) is 10.6. The summed E-state index contributed by atoms with van der Waals surface area (Å²) >= 11 is 5.68. The first kappa shape index (κ1) is 8.08. The number of hydrogen-bond acceptors (Lipinski definition) is 2. The van der Waals surface area contributed by atoms with Crippen LogP contribution in [0.4, 0.5) is 0 Å². The van der Waals surface area contributed by atoms with Crippen molar-refractivity contribution in [3.05, 3.63) is 34.9 Å². The third-order valence-corrected chi connectivity index (χ3v) is 1.66. The van der Waals surface area contributed by atoms with Gasteiger partial charge in [0.2, 0.25) is 0 Å². The van der Waals surface area contributed by atoms with Crippen molar-refractivity contribution < 1.29 is 9.90 Å². The van der Waals surface area contributed by atoms with E-state index in [0.29, 0.717) is 10.6 Å². The van der Waals surface area contributed by atoms with E-state index in [1.165, 1.54) is 0 Å². The van der Waals surface area contributed by atoms with Gasteiger partial charge in [0.1, 0.15) is 0 Å². The second kappa shape index (κ2) is 3.39. The quantitative estimate of drug-likeness (QED) is 0.652. The topological polar surface area (TPSA) is 40.1 Å². The molecule has 1 aromatic carbocycles. The third kappa shape index (κ3) is 2.24. The van der Waals surface area contributed by atoms with Gasteiger partial charge in [0, 0.05) is 17.4 Å². The Bertz CT molecular complexity index is 271. The molecule has 0 heterocycles. The largest absolute Gasteiger partial charge is 0.550 e. The molecular formula is C8H6ClO2-. The Kier molecular flexibility index (Phi) is 2.49. The predicted octanol–water partition coefficient (Wildman–Crippen LogP) is 0.632. The highest BCUT2D eigenvalue weighted by Crippen LogP contribution is 2.14. The van der Waals surface area contributed by atoms with Crippen LogP contribution in [0.2, 0.25) is 5.02 Å². The summed E-state index contributed by atoms with van der Waals surface area (Å²) < 4.78 is 0. The second-order valence-corrected chi connectivity index (χ2v) is 2.55. The summed E-state index contributed by atoms with van der Waals surface area (Å²) in [5.74, 6) is -1.11. The van der Waals surface area contributed by atoms with Gasteiger partial charge in [-0.2, -0.15) is 0 Å². The van der Waals surface area contributed by atoms with Crippen molar-refractivity contribution in [1.29, 1.82) is 0 Å². The van der Waals surface area contributed by atoms with Gasteiger partial charge in [0.15, 0.2) is 0 Å².